The Morgan fingerprint density at radius 2 is 1.13 bits per heavy atom. The van der Waals surface area contributed by atoms with Crippen molar-refractivity contribution in [3.05, 3.63) is 232 Å². The topological polar surface area (TPSA) is 27.3 Å². The van der Waals surface area contributed by atoms with E-state index in [1.54, 1.807) is 0 Å². The molecule has 0 fully saturated rings. The predicted octanol–water partition coefficient (Wildman–Crippen LogP) is 10.4. The van der Waals surface area contributed by atoms with Crippen molar-refractivity contribution in [1.82, 2.24) is 15.5 Å². The fourth-order valence-electron chi connectivity index (χ4n) is 8.29. The highest BCUT2D eigenvalue weighted by Crippen LogP contribution is 2.39. The summed E-state index contributed by atoms with van der Waals surface area (Å²) >= 11 is 0. The summed E-state index contributed by atoms with van der Waals surface area (Å²) in [5.74, 6) is 0. The molecule has 3 heteroatoms. The molecular formula is C52H45N3. The number of likely N-dealkylation sites (N-methyl/N-ethyl adjacent to an activating group) is 1. The lowest BCUT2D eigenvalue weighted by Gasteiger charge is -2.35. The van der Waals surface area contributed by atoms with Crippen LogP contribution in [-0.4, -0.2) is 11.9 Å². The van der Waals surface area contributed by atoms with Gasteiger partial charge in [0.2, 0.25) is 0 Å². The molecule has 3 atom stereocenters. The van der Waals surface area contributed by atoms with E-state index in [2.05, 4.69) is 211 Å². The summed E-state index contributed by atoms with van der Waals surface area (Å²) in [6, 6.07) is 56.9. The molecule has 3 aliphatic rings. The van der Waals surface area contributed by atoms with Gasteiger partial charge < -0.3 is 10.6 Å². The quantitative estimate of drug-likeness (QED) is 0.173. The summed E-state index contributed by atoms with van der Waals surface area (Å²) < 4.78 is 0. The Bertz CT molecular complexity index is 2540. The fraction of sp³-hybridized carbons (Fsp3) is 0.115. The molecular weight excluding hydrogens is 667 g/mol. The Morgan fingerprint density at radius 1 is 0.564 bits per heavy atom. The molecule has 0 saturated carbocycles. The zero-order valence-corrected chi connectivity index (χ0v) is 31.2. The molecule has 6 aromatic carbocycles. The summed E-state index contributed by atoms with van der Waals surface area (Å²) in [6.07, 6.45) is 13.6. The van der Waals surface area contributed by atoms with Crippen LogP contribution in [0.1, 0.15) is 53.3 Å². The number of benzene rings is 6. The third kappa shape index (κ3) is 7.03. The van der Waals surface area contributed by atoms with Crippen LogP contribution in [0.3, 0.4) is 0 Å². The maximum absolute atomic E-state index is 4.71. The maximum atomic E-state index is 4.71. The van der Waals surface area contributed by atoms with Crippen molar-refractivity contribution in [2.24, 2.45) is 0 Å². The smallest absolute Gasteiger partial charge is 0.106 e. The summed E-state index contributed by atoms with van der Waals surface area (Å²) in [4.78, 5) is 2.42. The second kappa shape index (κ2) is 15.1. The van der Waals surface area contributed by atoms with Gasteiger partial charge in [0.05, 0.1) is 12.1 Å². The van der Waals surface area contributed by atoms with Crippen molar-refractivity contribution in [3.63, 3.8) is 0 Å². The Balaban J connectivity index is 1.06. The monoisotopic (exact) mass is 711 g/mol. The van der Waals surface area contributed by atoms with Crippen molar-refractivity contribution < 1.29 is 0 Å². The third-order valence-electron chi connectivity index (χ3n) is 11.2. The van der Waals surface area contributed by atoms with Crippen LogP contribution in [-0.2, 0) is 0 Å². The van der Waals surface area contributed by atoms with Gasteiger partial charge in [-0.15, -0.1) is 0 Å². The molecule has 55 heavy (non-hydrogen) atoms. The molecule has 268 valence electrons. The van der Waals surface area contributed by atoms with E-state index in [1.807, 2.05) is 0 Å². The first-order chi connectivity index (χ1) is 27.1. The molecule has 0 amide bonds. The second-order valence-corrected chi connectivity index (χ2v) is 14.7. The van der Waals surface area contributed by atoms with Gasteiger partial charge in [-0.25, -0.2) is 0 Å². The minimum atomic E-state index is -0.104. The van der Waals surface area contributed by atoms with Gasteiger partial charge in [-0.05, 0) is 92.9 Å². The highest BCUT2D eigenvalue weighted by molar-refractivity contribution is 5.73. The van der Waals surface area contributed by atoms with Crippen LogP contribution in [0.2, 0.25) is 0 Å². The van der Waals surface area contributed by atoms with Gasteiger partial charge >= 0.3 is 0 Å². The number of hydrogen-bond donors (Lipinski definition) is 2. The molecule has 0 saturated heterocycles. The average molecular weight is 712 g/mol. The molecule has 6 aromatic rings. The number of fused-ring (bicyclic) bond motifs is 1. The van der Waals surface area contributed by atoms with E-state index in [0.29, 0.717) is 0 Å². The molecule has 0 spiro atoms. The second-order valence-electron chi connectivity index (χ2n) is 14.7. The highest BCUT2D eigenvalue weighted by Gasteiger charge is 2.31. The van der Waals surface area contributed by atoms with Crippen LogP contribution in [0.4, 0.5) is 0 Å². The standard InChI is InChI=1S/C52H45N3/c1-36-34-48(41-26-22-39(23-27-41)37-14-6-3-7-15-37)54-52(45-32-24-40(25-33-45)38-16-8-4-9-17-38)55(2)51(36)44-30-28-42(29-31-44)49-35-46-20-12-13-21-47(46)50(53-49)43-18-10-5-11-19-43/h3-4,6-10,12-35,49,51-54H,1,5,11H2,2H3. The van der Waals surface area contributed by atoms with Crippen molar-refractivity contribution in [2.75, 3.05) is 7.05 Å². The number of allylic oxidation sites excluding steroid dienone is 2. The Hall–Kier alpha value is -6.42. The minimum absolute atomic E-state index is 0.0508. The lowest BCUT2D eigenvalue weighted by Crippen LogP contribution is -2.39. The molecule has 0 radical (unpaired) electrons. The van der Waals surface area contributed by atoms with Crippen molar-refractivity contribution >= 4 is 17.5 Å². The molecule has 3 unspecified atom stereocenters. The zero-order valence-electron chi connectivity index (χ0n) is 31.2. The van der Waals surface area contributed by atoms with Gasteiger partial charge in [0.1, 0.15) is 6.17 Å². The van der Waals surface area contributed by atoms with Crippen molar-refractivity contribution in [2.45, 2.75) is 31.1 Å². The van der Waals surface area contributed by atoms with Crippen LogP contribution in [0, 0.1) is 0 Å². The predicted molar refractivity (Wildman–Crippen MR) is 230 cm³/mol. The average Bonchev–Trinajstić information content (AvgIpc) is 3.39. The lowest BCUT2D eigenvalue weighted by molar-refractivity contribution is 0.187. The molecule has 0 bridgehead atoms. The first-order valence-corrected chi connectivity index (χ1v) is 19.3. The lowest BCUT2D eigenvalue weighted by atomic mass is 9.92. The minimum Gasteiger partial charge on any atom is -0.374 e. The van der Waals surface area contributed by atoms with Crippen LogP contribution in [0.15, 0.2) is 200 Å². The molecule has 1 aliphatic carbocycles. The molecule has 9 rings (SSSR count). The Labute approximate surface area is 324 Å². The van der Waals surface area contributed by atoms with Gasteiger partial charge in [0, 0.05) is 16.6 Å². The van der Waals surface area contributed by atoms with Crippen molar-refractivity contribution in [3.8, 4) is 22.3 Å². The first kappa shape index (κ1) is 34.4. The summed E-state index contributed by atoms with van der Waals surface area (Å²) in [5, 5.41) is 10.4. The van der Waals surface area contributed by atoms with Crippen LogP contribution < -0.4 is 21.1 Å². The van der Waals surface area contributed by atoms with E-state index in [0.717, 1.165) is 29.7 Å². The largest absolute Gasteiger partial charge is 0.374 e. The molecule has 3 nitrogen and oxygen atoms in total. The number of nitrogens with zero attached hydrogens (tertiary/aromatic N) is 1. The van der Waals surface area contributed by atoms with E-state index in [4.69, 9.17) is 6.58 Å². The van der Waals surface area contributed by atoms with Crippen LogP contribution >= 0.6 is 0 Å². The third-order valence-corrected chi connectivity index (χ3v) is 11.2. The summed E-state index contributed by atoms with van der Waals surface area (Å²) in [5.41, 5.74) is 14.2. The number of rotatable bonds is 7. The van der Waals surface area contributed by atoms with Gasteiger partial charge in [-0.3, -0.25) is 4.90 Å². The molecule has 0 aromatic heterocycles. The van der Waals surface area contributed by atoms with Gasteiger partial charge in [-0.1, -0.05) is 183 Å². The van der Waals surface area contributed by atoms with E-state index >= 15 is 0 Å². The van der Waals surface area contributed by atoms with Gasteiger partial charge in [0.15, 0.2) is 0 Å². The van der Waals surface area contributed by atoms with Crippen molar-refractivity contribution in [1.29, 1.82) is 0 Å². The van der Waals surface area contributed by atoms with E-state index < -0.39 is 0 Å². The summed E-state index contributed by atoms with van der Waals surface area (Å²) in [6.45, 7) is 4.71. The Kier molecular flexibility index (Phi) is 9.46. The van der Waals surface area contributed by atoms with Crippen LogP contribution in [0.25, 0.3) is 39.7 Å². The Morgan fingerprint density at radius 3 is 1.78 bits per heavy atom. The fourth-order valence-corrected chi connectivity index (χ4v) is 8.29. The van der Waals surface area contributed by atoms with E-state index in [9.17, 15) is 0 Å². The molecule has 2 heterocycles. The SMILES string of the molecule is C=C1C=C(c2ccc(-c3ccccc3)cc2)NC(c2ccc(-c3ccccc3)cc2)N(C)C1c1ccc(C2C=c3ccccc3=C(C3=CCCC=C3)N2)cc1. The molecule has 2 N–H and O–H groups in total. The molecule has 2 aliphatic heterocycles. The number of hydrogen-bond acceptors (Lipinski definition) is 3. The van der Waals surface area contributed by atoms with Crippen LogP contribution in [0.5, 0.6) is 0 Å². The van der Waals surface area contributed by atoms with Gasteiger partial charge in [0.25, 0.3) is 0 Å². The maximum Gasteiger partial charge on any atom is 0.106 e. The van der Waals surface area contributed by atoms with E-state index in [-0.39, 0.29) is 18.2 Å². The first-order valence-electron chi connectivity index (χ1n) is 19.3. The normalized spacial score (nSPS) is 19.5. The summed E-state index contributed by atoms with van der Waals surface area (Å²) in [7, 11) is 2.21. The highest BCUT2D eigenvalue weighted by atomic mass is 15.3. The number of nitrogens with one attached hydrogen (secondary N) is 2. The van der Waals surface area contributed by atoms with Gasteiger partial charge in [-0.2, -0.15) is 0 Å². The van der Waals surface area contributed by atoms with E-state index in [1.165, 1.54) is 60.7 Å². The zero-order chi connectivity index (χ0) is 37.1.